The van der Waals surface area contributed by atoms with Gasteiger partial charge in [0.05, 0.1) is 10.0 Å². The molecule has 0 radical (unpaired) electrons. The van der Waals surface area contributed by atoms with Crippen LogP contribution in [-0.4, -0.2) is 42.4 Å². The summed E-state index contributed by atoms with van der Waals surface area (Å²) < 4.78 is 5.55. The first-order valence-corrected chi connectivity index (χ1v) is 7.81. The van der Waals surface area contributed by atoms with E-state index in [2.05, 4.69) is 18.7 Å². The summed E-state index contributed by atoms with van der Waals surface area (Å²) in [4.78, 5) is 2.24. The Bertz CT molecular complexity index is 375. The molecule has 1 aromatic rings. The number of hydrogen-bond acceptors (Lipinski definition) is 3. The van der Waals surface area contributed by atoms with Crippen molar-refractivity contribution in [2.75, 3.05) is 26.2 Å². The lowest BCUT2D eigenvalue weighted by Gasteiger charge is -2.24. The minimum atomic E-state index is -0.555. The average Bonchev–Trinajstić information content (AvgIpc) is 2.38. The normalized spacial score (nSPS) is 12.7. The molecule has 0 aliphatic rings. The number of hydrogen-bond donors (Lipinski definition) is 1. The van der Waals surface area contributed by atoms with Gasteiger partial charge in [-0.3, -0.25) is 0 Å². The Hall–Kier alpha value is -0.480. The SMILES string of the molecule is CCCN(CCC)C[C@@H](O)COc1c(Cl)cccc1Cl. The maximum absolute atomic E-state index is 10.1. The Labute approximate surface area is 131 Å². The number of ether oxygens (including phenoxy) is 1. The van der Waals surface area contributed by atoms with Crippen LogP contribution in [0, 0.1) is 0 Å². The predicted octanol–water partition coefficient (Wildman–Crippen LogP) is 3.86. The third kappa shape index (κ3) is 5.88. The Morgan fingerprint density at radius 3 is 2.20 bits per heavy atom. The fraction of sp³-hybridized carbons (Fsp3) is 0.600. The molecule has 1 N–H and O–H groups in total. The first kappa shape index (κ1) is 17.6. The Morgan fingerprint density at radius 1 is 1.15 bits per heavy atom. The van der Waals surface area contributed by atoms with E-state index in [0.29, 0.717) is 22.3 Å². The van der Waals surface area contributed by atoms with Gasteiger partial charge >= 0.3 is 0 Å². The highest BCUT2D eigenvalue weighted by molar-refractivity contribution is 6.37. The molecule has 0 aliphatic carbocycles. The standard InChI is InChI=1S/C15H23Cl2NO2/c1-3-8-18(9-4-2)10-12(19)11-20-15-13(16)6-5-7-14(15)17/h5-7,12,19H,3-4,8-11H2,1-2H3/t12-/m1/s1. The lowest BCUT2D eigenvalue weighted by Crippen LogP contribution is -2.36. The molecule has 1 aromatic carbocycles. The lowest BCUT2D eigenvalue weighted by molar-refractivity contribution is 0.0682. The van der Waals surface area contributed by atoms with Gasteiger partial charge in [-0.1, -0.05) is 43.1 Å². The van der Waals surface area contributed by atoms with Gasteiger partial charge in [0.1, 0.15) is 12.7 Å². The van der Waals surface area contributed by atoms with Crippen molar-refractivity contribution in [2.45, 2.75) is 32.8 Å². The summed E-state index contributed by atoms with van der Waals surface area (Å²) >= 11 is 12.0. The summed E-state index contributed by atoms with van der Waals surface area (Å²) in [7, 11) is 0. The van der Waals surface area contributed by atoms with Crippen LogP contribution in [0.4, 0.5) is 0 Å². The van der Waals surface area contributed by atoms with Crippen LogP contribution in [0.3, 0.4) is 0 Å². The van der Waals surface area contributed by atoms with Gasteiger partial charge in [-0.25, -0.2) is 0 Å². The molecule has 0 bridgehead atoms. The molecule has 0 aliphatic heterocycles. The summed E-state index contributed by atoms with van der Waals surface area (Å²) in [5.74, 6) is 0.437. The highest BCUT2D eigenvalue weighted by atomic mass is 35.5. The van der Waals surface area contributed by atoms with E-state index in [1.807, 2.05) is 0 Å². The topological polar surface area (TPSA) is 32.7 Å². The quantitative estimate of drug-likeness (QED) is 0.750. The second kappa shape index (κ2) is 9.46. The molecule has 0 spiro atoms. The van der Waals surface area contributed by atoms with E-state index in [1.54, 1.807) is 18.2 Å². The van der Waals surface area contributed by atoms with Crippen molar-refractivity contribution >= 4 is 23.2 Å². The zero-order valence-electron chi connectivity index (χ0n) is 12.1. The summed E-state index contributed by atoms with van der Waals surface area (Å²) in [5.41, 5.74) is 0. The molecule has 0 amide bonds. The fourth-order valence-corrected chi connectivity index (χ4v) is 2.58. The fourth-order valence-electron chi connectivity index (χ4n) is 2.08. The van der Waals surface area contributed by atoms with Crippen LogP contribution in [0.2, 0.25) is 10.0 Å². The monoisotopic (exact) mass is 319 g/mol. The molecule has 0 saturated carbocycles. The van der Waals surface area contributed by atoms with Crippen LogP contribution in [0.25, 0.3) is 0 Å². The van der Waals surface area contributed by atoms with Crippen molar-refractivity contribution in [2.24, 2.45) is 0 Å². The van der Waals surface area contributed by atoms with E-state index in [1.165, 1.54) is 0 Å². The smallest absolute Gasteiger partial charge is 0.156 e. The van der Waals surface area contributed by atoms with Crippen LogP contribution in [-0.2, 0) is 0 Å². The Morgan fingerprint density at radius 2 is 1.70 bits per heavy atom. The summed E-state index contributed by atoms with van der Waals surface area (Å²) in [5, 5.41) is 11.0. The molecular weight excluding hydrogens is 297 g/mol. The number of benzene rings is 1. The number of nitrogens with zero attached hydrogens (tertiary/aromatic N) is 1. The van der Waals surface area contributed by atoms with Crippen molar-refractivity contribution in [3.8, 4) is 5.75 Å². The number of aliphatic hydroxyl groups is 1. The Balaban J connectivity index is 2.48. The van der Waals surface area contributed by atoms with E-state index in [0.717, 1.165) is 25.9 Å². The van der Waals surface area contributed by atoms with Crippen molar-refractivity contribution in [1.29, 1.82) is 0 Å². The van der Waals surface area contributed by atoms with Crippen molar-refractivity contribution in [1.82, 2.24) is 4.90 Å². The highest BCUT2D eigenvalue weighted by Gasteiger charge is 2.13. The highest BCUT2D eigenvalue weighted by Crippen LogP contribution is 2.32. The van der Waals surface area contributed by atoms with Crippen LogP contribution in [0.15, 0.2) is 18.2 Å². The first-order valence-electron chi connectivity index (χ1n) is 7.05. The molecule has 0 fully saturated rings. The second-order valence-corrected chi connectivity index (χ2v) is 5.63. The first-order chi connectivity index (χ1) is 9.58. The number of aliphatic hydroxyl groups excluding tert-OH is 1. The molecule has 3 nitrogen and oxygen atoms in total. The van der Waals surface area contributed by atoms with Gasteiger partial charge in [0.25, 0.3) is 0 Å². The number of halogens is 2. The van der Waals surface area contributed by atoms with Crippen LogP contribution in [0.1, 0.15) is 26.7 Å². The largest absolute Gasteiger partial charge is 0.488 e. The molecule has 1 atom stereocenters. The van der Waals surface area contributed by atoms with Gasteiger partial charge in [0.2, 0.25) is 0 Å². The van der Waals surface area contributed by atoms with E-state index in [4.69, 9.17) is 27.9 Å². The van der Waals surface area contributed by atoms with Crippen molar-refractivity contribution < 1.29 is 9.84 Å². The van der Waals surface area contributed by atoms with E-state index >= 15 is 0 Å². The maximum Gasteiger partial charge on any atom is 0.156 e. The molecule has 1 rings (SSSR count). The molecule has 0 saturated heterocycles. The summed E-state index contributed by atoms with van der Waals surface area (Å²) in [6.45, 7) is 7.02. The van der Waals surface area contributed by atoms with Gasteiger partial charge in [-0.05, 0) is 38.1 Å². The van der Waals surface area contributed by atoms with Crippen LogP contribution < -0.4 is 4.74 Å². The second-order valence-electron chi connectivity index (χ2n) is 4.82. The minimum Gasteiger partial charge on any atom is -0.488 e. The van der Waals surface area contributed by atoms with Gasteiger partial charge in [-0.15, -0.1) is 0 Å². The van der Waals surface area contributed by atoms with E-state index < -0.39 is 6.10 Å². The summed E-state index contributed by atoms with van der Waals surface area (Å²) in [6, 6.07) is 5.20. The van der Waals surface area contributed by atoms with Crippen molar-refractivity contribution in [3.63, 3.8) is 0 Å². The van der Waals surface area contributed by atoms with E-state index in [9.17, 15) is 5.11 Å². The number of rotatable bonds is 9. The van der Waals surface area contributed by atoms with Gasteiger partial charge in [-0.2, -0.15) is 0 Å². The third-order valence-electron chi connectivity index (χ3n) is 2.89. The molecule has 5 heteroatoms. The Kier molecular flexibility index (Phi) is 8.31. The average molecular weight is 320 g/mol. The zero-order chi connectivity index (χ0) is 15.0. The number of para-hydroxylation sites is 1. The van der Waals surface area contributed by atoms with Gasteiger partial charge in [0, 0.05) is 6.54 Å². The molecule has 0 heterocycles. The maximum atomic E-state index is 10.1. The minimum absolute atomic E-state index is 0.188. The summed E-state index contributed by atoms with van der Waals surface area (Å²) in [6.07, 6.45) is 1.59. The van der Waals surface area contributed by atoms with Crippen LogP contribution in [0.5, 0.6) is 5.75 Å². The molecule has 0 unspecified atom stereocenters. The molecule has 0 aromatic heterocycles. The molecule has 114 valence electrons. The van der Waals surface area contributed by atoms with Crippen molar-refractivity contribution in [3.05, 3.63) is 28.2 Å². The van der Waals surface area contributed by atoms with E-state index in [-0.39, 0.29) is 6.61 Å². The van der Waals surface area contributed by atoms with Gasteiger partial charge < -0.3 is 14.7 Å². The predicted molar refractivity (Wildman–Crippen MR) is 85.0 cm³/mol. The van der Waals surface area contributed by atoms with Crippen LogP contribution >= 0.6 is 23.2 Å². The molecular formula is C15H23Cl2NO2. The van der Waals surface area contributed by atoms with Gasteiger partial charge in [0.15, 0.2) is 5.75 Å². The lowest BCUT2D eigenvalue weighted by atomic mass is 10.3. The third-order valence-corrected chi connectivity index (χ3v) is 3.48. The zero-order valence-corrected chi connectivity index (χ0v) is 13.6. The molecule has 20 heavy (non-hydrogen) atoms.